The van der Waals surface area contributed by atoms with Crippen molar-refractivity contribution in [2.75, 3.05) is 11.9 Å². The van der Waals surface area contributed by atoms with E-state index in [1.807, 2.05) is 0 Å². The number of rotatable bonds is 5. The second kappa shape index (κ2) is 9.36. The molecule has 0 atom stereocenters. The van der Waals surface area contributed by atoms with Crippen LogP contribution in [0.1, 0.15) is 41.7 Å². The number of nitrogens with zero attached hydrogens (tertiary/aromatic N) is 1. The second-order valence-corrected chi connectivity index (χ2v) is 8.53. The molecule has 1 aliphatic carbocycles. The number of amides is 1. The van der Waals surface area contributed by atoms with E-state index >= 15 is 0 Å². The minimum atomic E-state index is -4.50. The van der Waals surface area contributed by atoms with Crippen molar-refractivity contribution in [2.24, 2.45) is 5.92 Å². The third kappa shape index (κ3) is 5.15. The topological polar surface area (TPSA) is 54.0 Å². The first-order valence-electron chi connectivity index (χ1n) is 10.6. The molecule has 0 saturated heterocycles. The zero-order valence-corrected chi connectivity index (χ0v) is 18.0. The van der Waals surface area contributed by atoms with Crippen molar-refractivity contribution < 1.29 is 18.0 Å². The highest BCUT2D eigenvalue weighted by molar-refractivity contribution is 6.33. The summed E-state index contributed by atoms with van der Waals surface area (Å²) >= 11 is 6.10. The number of fused-ring (bicyclic) bond motifs is 1. The summed E-state index contributed by atoms with van der Waals surface area (Å²) in [6, 6.07) is 14.9. The summed E-state index contributed by atoms with van der Waals surface area (Å²) < 4.78 is 39.8. The molecule has 1 aliphatic rings. The van der Waals surface area contributed by atoms with Gasteiger partial charge in [-0.1, -0.05) is 41.9 Å². The molecule has 3 aromatic rings. The van der Waals surface area contributed by atoms with Crippen molar-refractivity contribution in [1.82, 2.24) is 10.3 Å². The molecule has 1 amide bonds. The standard InChI is InChI=1S/C24H23ClF3N3O/c25-19-7-3-1-5-17(19)23(32)30-16-11-9-15(10-12-16)14-29-21-13-22(24(26,27)28)31-20-8-4-2-6-18(20)21/h1-8,13,15-16H,9-12,14H2,(H,29,31)(H,30,32). The van der Waals surface area contributed by atoms with Crippen molar-refractivity contribution >= 4 is 34.1 Å². The maximum Gasteiger partial charge on any atom is 0.433 e. The number of carbonyl (C=O) groups is 1. The molecular weight excluding hydrogens is 439 g/mol. The van der Waals surface area contributed by atoms with Crippen molar-refractivity contribution in [3.63, 3.8) is 0 Å². The third-order valence-electron chi connectivity index (χ3n) is 5.89. The smallest absolute Gasteiger partial charge is 0.384 e. The van der Waals surface area contributed by atoms with Gasteiger partial charge in [0.2, 0.25) is 0 Å². The normalized spacial score (nSPS) is 19.0. The van der Waals surface area contributed by atoms with E-state index in [1.54, 1.807) is 48.5 Å². The van der Waals surface area contributed by atoms with E-state index in [4.69, 9.17) is 11.6 Å². The molecule has 0 bridgehead atoms. The maximum atomic E-state index is 13.3. The Labute approximate surface area is 189 Å². The molecule has 32 heavy (non-hydrogen) atoms. The largest absolute Gasteiger partial charge is 0.433 e. The molecule has 0 spiro atoms. The molecule has 4 nitrogen and oxygen atoms in total. The Morgan fingerprint density at radius 3 is 2.44 bits per heavy atom. The van der Waals surface area contributed by atoms with E-state index < -0.39 is 11.9 Å². The van der Waals surface area contributed by atoms with E-state index in [-0.39, 0.29) is 11.9 Å². The summed E-state index contributed by atoms with van der Waals surface area (Å²) in [5, 5.41) is 7.35. The van der Waals surface area contributed by atoms with Gasteiger partial charge in [-0.3, -0.25) is 4.79 Å². The molecule has 8 heteroatoms. The average Bonchev–Trinajstić information content (AvgIpc) is 2.78. The Balaban J connectivity index is 1.36. The predicted octanol–water partition coefficient (Wildman–Crippen LogP) is 6.31. The minimum Gasteiger partial charge on any atom is -0.384 e. The summed E-state index contributed by atoms with van der Waals surface area (Å²) in [7, 11) is 0. The van der Waals surface area contributed by atoms with E-state index in [1.165, 1.54) is 0 Å². The molecule has 2 N–H and O–H groups in total. The van der Waals surface area contributed by atoms with Gasteiger partial charge in [0.05, 0.1) is 16.1 Å². The number of aromatic nitrogens is 1. The number of halogens is 4. The summed E-state index contributed by atoms with van der Waals surface area (Å²) in [5.41, 5.74) is 0.320. The van der Waals surface area contributed by atoms with Crippen LogP contribution in [0.2, 0.25) is 5.02 Å². The number of alkyl halides is 3. The van der Waals surface area contributed by atoms with Gasteiger partial charge in [0.1, 0.15) is 5.69 Å². The summed E-state index contributed by atoms with van der Waals surface area (Å²) in [6.07, 6.45) is -1.13. The minimum absolute atomic E-state index is 0.0635. The number of pyridine rings is 1. The lowest BCUT2D eigenvalue weighted by Crippen LogP contribution is -2.38. The maximum absolute atomic E-state index is 13.3. The molecule has 2 aromatic carbocycles. The van der Waals surface area contributed by atoms with Gasteiger partial charge in [0.15, 0.2) is 0 Å². The fourth-order valence-electron chi connectivity index (χ4n) is 4.14. The quantitative estimate of drug-likeness (QED) is 0.468. The monoisotopic (exact) mass is 461 g/mol. The molecule has 1 fully saturated rings. The Morgan fingerprint density at radius 1 is 1.03 bits per heavy atom. The van der Waals surface area contributed by atoms with Gasteiger partial charge in [-0.2, -0.15) is 13.2 Å². The highest BCUT2D eigenvalue weighted by Gasteiger charge is 2.33. The van der Waals surface area contributed by atoms with Crippen LogP contribution in [0, 0.1) is 5.92 Å². The molecule has 4 rings (SSSR count). The molecule has 0 aliphatic heterocycles. The van der Waals surface area contributed by atoms with Crippen LogP contribution in [-0.2, 0) is 6.18 Å². The Kier molecular flexibility index (Phi) is 6.55. The first-order valence-corrected chi connectivity index (χ1v) is 11.0. The first-order chi connectivity index (χ1) is 15.3. The number of para-hydroxylation sites is 1. The van der Waals surface area contributed by atoms with E-state index in [2.05, 4.69) is 15.6 Å². The van der Waals surface area contributed by atoms with Gasteiger partial charge in [-0.05, 0) is 55.9 Å². The number of hydrogen-bond donors (Lipinski definition) is 2. The fourth-order valence-corrected chi connectivity index (χ4v) is 4.36. The Hall–Kier alpha value is -2.80. The van der Waals surface area contributed by atoms with Crippen LogP contribution < -0.4 is 10.6 Å². The van der Waals surface area contributed by atoms with E-state index in [9.17, 15) is 18.0 Å². The predicted molar refractivity (Wildman–Crippen MR) is 120 cm³/mol. The highest BCUT2D eigenvalue weighted by Crippen LogP contribution is 2.33. The summed E-state index contributed by atoms with van der Waals surface area (Å²) in [6.45, 7) is 0.566. The van der Waals surface area contributed by atoms with Gasteiger partial charge in [-0.25, -0.2) is 4.98 Å². The van der Waals surface area contributed by atoms with Crippen molar-refractivity contribution in [3.8, 4) is 0 Å². The van der Waals surface area contributed by atoms with Gasteiger partial charge in [0.25, 0.3) is 5.91 Å². The molecular formula is C24H23ClF3N3O. The summed E-state index contributed by atoms with van der Waals surface area (Å²) in [5.74, 6) is 0.129. The van der Waals surface area contributed by atoms with Crippen LogP contribution in [0.5, 0.6) is 0 Å². The zero-order chi connectivity index (χ0) is 22.7. The van der Waals surface area contributed by atoms with Crippen LogP contribution in [0.3, 0.4) is 0 Å². The molecule has 168 valence electrons. The lowest BCUT2D eigenvalue weighted by Gasteiger charge is -2.29. The van der Waals surface area contributed by atoms with Crippen LogP contribution in [0.25, 0.3) is 10.9 Å². The van der Waals surface area contributed by atoms with Crippen LogP contribution in [-0.4, -0.2) is 23.5 Å². The SMILES string of the molecule is O=C(NC1CCC(CNc2cc(C(F)(F)F)nc3ccccc23)CC1)c1ccccc1Cl. The number of nitrogens with one attached hydrogen (secondary N) is 2. The average molecular weight is 462 g/mol. The summed E-state index contributed by atoms with van der Waals surface area (Å²) in [4.78, 5) is 16.2. The number of carbonyl (C=O) groups excluding carboxylic acids is 1. The van der Waals surface area contributed by atoms with Gasteiger partial charge in [0, 0.05) is 23.7 Å². The number of hydrogen-bond acceptors (Lipinski definition) is 3. The van der Waals surface area contributed by atoms with E-state index in [0.717, 1.165) is 31.7 Å². The molecule has 0 unspecified atom stereocenters. The Bertz CT molecular complexity index is 1110. The zero-order valence-electron chi connectivity index (χ0n) is 17.3. The van der Waals surface area contributed by atoms with Crippen LogP contribution in [0.15, 0.2) is 54.6 Å². The van der Waals surface area contributed by atoms with Gasteiger partial charge < -0.3 is 10.6 Å². The third-order valence-corrected chi connectivity index (χ3v) is 6.22. The molecule has 1 saturated carbocycles. The van der Waals surface area contributed by atoms with Crippen LogP contribution in [0.4, 0.5) is 18.9 Å². The van der Waals surface area contributed by atoms with Crippen molar-refractivity contribution in [1.29, 1.82) is 0 Å². The molecule has 1 aromatic heterocycles. The fraction of sp³-hybridized carbons (Fsp3) is 0.333. The lowest BCUT2D eigenvalue weighted by molar-refractivity contribution is -0.140. The number of anilines is 1. The molecule has 0 radical (unpaired) electrons. The van der Waals surface area contributed by atoms with Gasteiger partial charge in [-0.15, -0.1) is 0 Å². The van der Waals surface area contributed by atoms with E-state index in [0.29, 0.717) is 39.6 Å². The Morgan fingerprint density at radius 2 is 1.72 bits per heavy atom. The number of benzene rings is 2. The van der Waals surface area contributed by atoms with Gasteiger partial charge >= 0.3 is 6.18 Å². The van der Waals surface area contributed by atoms with Crippen molar-refractivity contribution in [3.05, 3.63) is 70.9 Å². The van der Waals surface area contributed by atoms with Crippen molar-refractivity contribution in [2.45, 2.75) is 37.9 Å². The highest BCUT2D eigenvalue weighted by atomic mass is 35.5. The molecule has 1 heterocycles. The lowest BCUT2D eigenvalue weighted by atomic mass is 9.85. The second-order valence-electron chi connectivity index (χ2n) is 8.12. The first kappa shape index (κ1) is 22.4. The van der Waals surface area contributed by atoms with Crippen LogP contribution >= 0.6 is 11.6 Å².